The second-order valence-corrected chi connectivity index (χ2v) is 9.33. The van der Waals surface area contributed by atoms with E-state index in [0.29, 0.717) is 27.5 Å². The molecule has 0 unspecified atom stereocenters. The van der Waals surface area contributed by atoms with Gasteiger partial charge in [0.05, 0.1) is 27.5 Å². The minimum absolute atomic E-state index is 0.202. The normalized spacial score (nSPS) is 12.1. The standard InChI is InChI=1S/C27H19Cl2N3O3S/c1-2-35-20-11-8-17(9-12-20)14-24-26(34)32(19-6-4-3-5-7-19)27(36-24)21(16-30)25(33)31-23-13-10-18(28)15-22(23)29/h3-15H,2H2,1H3,(H,31,33)/b24-14+,27-21-. The number of anilines is 1. The molecule has 0 atom stereocenters. The topological polar surface area (TPSA) is 84.1 Å². The number of halogens is 2. The summed E-state index contributed by atoms with van der Waals surface area (Å²) < 4.78 is 7.41. The van der Waals surface area contributed by atoms with Gasteiger partial charge < -0.3 is 10.1 Å². The lowest BCUT2D eigenvalue weighted by molar-refractivity contribution is -0.111. The van der Waals surface area contributed by atoms with Gasteiger partial charge in [-0.1, -0.05) is 53.5 Å². The summed E-state index contributed by atoms with van der Waals surface area (Å²) in [5.41, 5.74) is 1.04. The molecule has 0 aliphatic heterocycles. The second kappa shape index (κ2) is 11.3. The van der Waals surface area contributed by atoms with Gasteiger partial charge in [-0.2, -0.15) is 5.26 Å². The highest BCUT2D eigenvalue weighted by Crippen LogP contribution is 2.25. The van der Waals surface area contributed by atoms with E-state index in [1.165, 1.54) is 10.6 Å². The second-order valence-electron chi connectivity index (χ2n) is 7.46. The zero-order chi connectivity index (χ0) is 25.7. The number of benzene rings is 3. The summed E-state index contributed by atoms with van der Waals surface area (Å²) in [4.78, 5) is 26.6. The highest BCUT2D eigenvalue weighted by molar-refractivity contribution is 7.07. The summed E-state index contributed by atoms with van der Waals surface area (Å²) in [5.74, 6) is 0.0288. The van der Waals surface area contributed by atoms with E-state index in [9.17, 15) is 14.9 Å². The van der Waals surface area contributed by atoms with Gasteiger partial charge in [0.15, 0.2) is 5.57 Å². The Morgan fingerprint density at radius 3 is 2.47 bits per heavy atom. The SMILES string of the molecule is CCOc1ccc(/C=c2/s/c(=C(/C#N)C(=O)Nc3ccc(Cl)cc3Cl)n(-c3ccccc3)c2=O)cc1. The van der Waals surface area contributed by atoms with Gasteiger partial charge in [-0.3, -0.25) is 14.2 Å². The molecule has 180 valence electrons. The van der Waals surface area contributed by atoms with Crippen LogP contribution < -0.4 is 24.8 Å². The van der Waals surface area contributed by atoms with Crippen molar-refractivity contribution in [2.24, 2.45) is 0 Å². The molecule has 1 N–H and O–H groups in total. The number of aromatic nitrogens is 1. The monoisotopic (exact) mass is 535 g/mol. The van der Waals surface area contributed by atoms with E-state index in [1.54, 1.807) is 42.5 Å². The number of carbonyl (C=O) groups excluding carboxylic acids is 1. The Kier molecular flexibility index (Phi) is 7.91. The van der Waals surface area contributed by atoms with Crippen LogP contribution in [0.5, 0.6) is 5.75 Å². The Morgan fingerprint density at radius 1 is 1.11 bits per heavy atom. The van der Waals surface area contributed by atoms with Crippen LogP contribution in [0.3, 0.4) is 0 Å². The summed E-state index contributed by atoms with van der Waals surface area (Å²) in [5, 5.41) is 13.2. The molecule has 1 amide bonds. The van der Waals surface area contributed by atoms with Crippen molar-refractivity contribution in [2.45, 2.75) is 6.92 Å². The number of hydrogen-bond donors (Lipinski definition) is 1. The van der Waals surface area contributed by atoms with Crippen LogP contribution in [0.4, 0.5) is 5.69 Å². The van der Waals surface area contributed by atoms with Crippen molar-refractivity contribution >= 4 is 57.8 Å². The maximum absolute atomic E-state index is 13.5. The summed E-state index contributed by atoms with van der Waals surface area (Å²) in [6.45, 7) is 2.45. The van der Waals surface area contributed by atoms with E-state index >= 15 is 0 Å². The molecule has 0 aliphatic carbocycles. The molecule has 0 fully saturated rings. The van der Waals surface area contributed by atoms with Crippen LogP contribution in [0.2, 0.25) is 10.0 Å². The van der Waals surface area contributed by atoms with Crippen LogP contribution in [0.25, 0.3) is 17.3 Å². The van der Waals surface area contributed by atoms with Crippen LogP contribution >= 0.6 is 34.5 Å². The molecule has 0 saturated carbocycles. The van der Waals surface area contributed by atoms with E-state index in [2.05, 4.69) is 5.32 Å². The van der Waals surface area contributed by atoms with Gasteiger partial charge in [0, 0.05) is 5.02 Å². The first-order valence-electron chi connectivity index (χ1n) is 10.8. The molecule has 4 aromatic rings. The van der Waals surface area contributed by atoms with Crippen LogP contribution in [-0.2, 0) is 4.79 Å². The molecule has 1 aromatic heterocycles. The van der Waals surface area contributed by atoms with Gasteiger partial charge in [-0.05, 0) is 61.0 Å². The third kappa shape index (κ3) is 5.52. The number of ether oxygens (including phenoxy) is 1. The van der Waals surface area contributed by atoms with Crippen LogP contribution in [-0.4, -0.2) is 17.1 Å². The number of rotatable bonds is 6. The highest BCUT2D eigenvalue weighted by atomic mass is 35.5. The first-order valence-corrected chi connectivity index (χ1v) is 12.4. The average Bonchev–Trinajstić information content (AvgIpc) is 3.18. The molecule has 4 rings (SSSR count). The third-order valence-corrected chi connectivity index (χ3v) is 6.70. The number of nitriles is 1. The molecule has 1 heterocycles. The van der Waals surface area contributed by atoms with Crippen molar-refractivity contribution in [2.75, 3.05) is 11.9 Å². The van der Waals surface area contributed by atoms with Crippen molar-refractivity contribution in [1.82, 2.24) is 4.57 Å². The fraction of sp³-hybridized carbons (Fsp3) is 0.0741. The Bertz CT molecular complexity index is 1640. The molecular weight excluding hydrogens is 517 g/mol. The van der Waals surface area contributed by atoms with Crippen molar-refractivity contribution in [1.29, 1.82) is 5.26 Å². The predicted octanol–water partition coefficient (Wildman–Crippen LogP) is 4.75. The molecular formula is C27H19Cl2N3O3S. The Balaban J connectivity index is 1.89. The first kappa shape index (κ1) is 25.3. The van der Waals surface area contributed by atoms with Gasteiger partial charge >= 0.3 is 0 Å². The van der Waals surface area contributed by atoms with Crippen molar-refractivity contribution in [3.8, 4) is 17.5 Å². The quantitative estimate of drug-likeness (QED) is 0.386. The molecule has 0 bridgehead atoms. The number of nitrogens with zero attached hydrogens (tertiary/aromatic N) is 2. The van der Waals surface area contributed by atoms with E-state index in [-0.39, 0.29) is 20.8 Å². The molecule has 9 heteroatoms. The summed E-state index contributed by atoms with van der Waals surface area (Å²) >= 11 is 13.2. The van der Waals surface area contributed by atoms with E-state index in [1.807, 2.05) is 43.3 Å². The number of carbonyl (C=O) groups is 1. The number of para-hydroxylation sites is 1. The fourth-order valence-corrected chi connectivity index (χ4v) is 4.97. The van der Waals surface area contributed by atoms with Gasteiger partial charge in [0.2, 0.25) is 0 Å². The zero-order valence-electron chi connectivity index (χ0n) is 19.0. The maximum Gasteiger partial charge on any atom is 0.273 e. The number of nitrogens with one attached hydrogen (secondary N) is 1. The molecule has 0 radical (unpaired) electrons. The number of amides is 1. The molecule has 0 saturated heterocycles. The van der Waals surface area contributed by atoms with Crippen LogP contribution in [0.15, 0.2) is 77.6 Å². The Morgan fingerprint density at radius 2 is 1.83 bits per heavy atom. The summed E-state index contributed by atoms with van der Waals surface area (Å²) in [6, 6.07) is 22.7. The average molecular weight is 536 g/mol. The largest absolute Gasteiger partial charge is 0.494 e. The summed E-state index contributed by atoms with van der Waals surface area (Å²) in [7, 11) is 0. The van der Waals surface area contributed by atoms with Gasteiger partial charge in [-0.15, -0.1) is 11.3 Å². The van der Waals surface area contributed by atoms with Gasteiger partial charge in [0.25, 0.3) is 11.5 Å². The Labute approximate surface area is 220 Å². The van der Waals surface area contributed by atoms with Crippen molar-refractivity contribution in [3.05, 3.63) is 108 Å². The number of hydrogen-bond acceptors (Lipinski definition) is 5. The lowest BCUT2D eigenvalue weighted by atomic mass is 10.2. The van der Waals surface area contributed by atoms with E-state index in [4.69, 9.17) is 27.9 Å². The Hall–Kier alpha value is -3.83. The first-order chi connectivity index (χ1) is 17.4. The third-order valence-electron chi connectivity index (χ3n) is 5.06. The molecule has 0 aliphatic rings. The molecule has 6 nitrogen and oxygen atoms in total. The number of thiazole rings is 1. The maximum atomic E-state index is 13.5. The lowest BCUT2D eigenvalue weighted by Crippen LogP contribution is -2.32. The van der Waals surface area contributed by atoms with E-state index < -0.39 is 5.91 Å². The zero-order valence-corrected chi connectivity index (χ0v) is 21.3. The van der Waals surface area contributed by atoms with Gasteiger partial charge in [-0.25, -0.2) is 0 Å². The lowest BCUT2D eigenvalue weighted by Gasteiger charge is -2.07. The van der Waals surface area contributed by atoms with Crippen LogP contribution in [0.1, 0.15) is 12.5 Å². The molecule has 0 spiro atoms. The van der Waals surface area contributed by atoms with Crippen molar-refractivity contribution < 1.29 is 9.53 Å². The minimum Gasteiger partial charge on any atom is -0.494 e. The smallest absolute Gasteiger partial charge is 0.273 e. The molecule has 3 aromatic carbocycles. The molecule has 36 heavy (non-hydrogen) atoms. The van der Waals surface area contributed by atoms with Crippen LogP contribution in [0, 0.1) is 11.3 Å². The van der Waals surface area contributed by atoms with E-state index in [0.717, 1.165) is 22.6 Å². The minimum atomic E-state index is -0.694. The fourth-order valence-electron chi connectivity index (χ4n) is 3.41. The van der Waals surface area contributed by atoms with Gasteiger partial charge in [0.1, 0.15) is 16.5 Å². The van der Waals surface area contributed by atoms with Crippen molar-refractivity contribution in [3.63, 3.8) is 0 Å². The highest BCUT2D eigenvalue weighted by Gasteiger charge is 2.18. The summed E-state index contributed by atoms with van der Waals surface area (Å²) in [6.07, 6.45) is 1.72. The predicted molar refractivity (Wildman–Crippen MR) is 144 cm³/mol.